The molecule has 2 aromatic rings. The third kappa shape index (κ3) is 3.24. The van der Waals surface area contributed by atoms with E-state index in [1.165, 1.54) is 0 Å². The standard InChI is InChI=1S/C22H23N5O/c1-16-6-2-3-7-18(16)26-20(25-12-5-4-11-23)15-27-19-14-24-13-8-17(19)22(9-10-22)21(27)28/h2-3,6-8,13-14H,4-5,9-10,12,15H2,1H3,(H,25,26). The lowest BCUT2D eigenvalue weighted by Crippen LogP contribution is -2.38. The van der Waals surface area contributed by atoms with Crippen molar-refractivity contribution in [1.82, 2.24) is 4.98 Å². The number of pyridine rings is 1. The van der Waals surface area contributed by atoms with Crippen molar-refractivity contribution in [2.75, 3.05) is 23.3 Å². The van der Waals surface area contributed by atoms with E-state index in [-0.39, 0.29) is 11.3 Å². The van der Waals surface area contributed by atoms with Gasteiger partial charge in [0.15, 0.2) is 0 Å². The van der Waals surface area contributed by atoms with Crippen molar-refractivity contribution in [3.05, 3.63) is 53.9 Å². The van der Waals surface area contributed by atoms with Crippen molar-refractivity contribution in [2.24, 2.45) is 4.99 Å². The molecule has 0 bridgehead atoms. The molecule has 0 saturated heterocycles. The van der Waals surface area contributed by atoms with Crippen LogP contribution in [-0.4, -0.2) is 29.8 Å². The van der Waals surface area contributed by atoms with Gasteiger partial charge in [0, 0.05) is 24.8 Å². The summed E-state index contributed by atoms with van der Waals surface area (Å²) in [5, 5.41) is 12.2. The first kappa shape index (κ1) is 18.2. The average Bonchev–Trinajstić information content (AvgIpc) is 3.48. The van der Waals surface area contributed by atoms with E-state index in [0.29, 0.717) is 25.9 Å². The zero-order valence-corrected chi connectivity index (χ0v) is 16.0. The predicted octanol–water partition coefficient (Wildman–Crippen LogP) is 3.58. The van der Waals surface area contributed by atoms with Crippen LogP contribution in [0.4, 0.5) is 11.4 Å². The minimum absolute atomic E-state index is 0.145. The van der Waals surface area contributed by atoms with E-state index in [1.807, 2.05) is 42.2 Å². The second-order valence-electron chi connectivity index (χ2n) is 7.40. The number of hydrogen-bond donors (Lipinski definition) is 1. The van der Waals surface area contributed by atoms with Gasteiger partial charge in [-0.15, -0.1) is 0 Å². The fourth-order valence-corrected chi connectivity index (χ4v) is 3.77. The molecular formula is C22H23N5O. The van der Waals surface area contributed by atoms with Crippen molar-refractivity contribution in [3.63, 3.8) is 0 Å². The van der Waals surface area contributed by atoms with Crippen LogP contribution in [0.25, 0.3) is 0 Å². The molecule has 6 nitrogen and oxygen atoms in total. The number of anilines is 2. The number of nitrogens with one attached hydrogen (secondary N) is 1. The zero-order chi connectivity index (χ0) is 19.6. The van der Waals surface area contributed by atoms with Crippen LogP contribution in [0.1, 0.15) is 36.8 Å². The van der Waals surface area contributed by atoms with E-state index < -0.39 is 0 Å². The summed E-state index contributed by atoms with van der Waals surface area (Å²) < 4.78 is 0. The van der Waals surface area contributed by atoms with Gasteiger partial charge >= 0.3 is 0 Å². The second kappa shape index (κ2) is 7.43. The Morgan fingerprint density at radius 2 is 2.18 bits per heavy atom. The summed E-state index contributed by atoms with van der Waals surface area (Å²) in [6.45, 7) is 2.96. The molecule has 4 rings (SSSR count). The summed E-state index contributed by atoms with van der Waals surface area (Å²) in [6, 6.07) is 12.1. The molecule has 142 valence electrons. The number of nitrogens with zero attached hydrogens (tertiary/aromatic N) is 4. The number of amides is 1. The van der Waals surface area contributed by atoms with Gasteiger partial charge in [-0.05, 0) is 49.4 Å². The lowest BCUT2D eigenvalue weighted by molar-refractivity contribution is -0.120. The number of fused-ring (bicyclic) bond motifs is 2. The summed E-state index contributed by atoms with van der Waals surface area (Å²) in [5.74, 6) is 0.875. The average molecular weight is 373 g/mol. The maximum atomic E-state index is 13.1. The summed E-state index contributed by atoms with van der Waals surface area (Å²) in [7, 11) is 0. The van der Waals surface area contributed by atoms with Crippen LogP contribution >= 0.6 is 0 Å². The van der Waals surface area contributed by atoms with Crippen LogP contribution in [-0.2, 0) is 10.2 Å². The van der Waals surface area contributed by atoms with Crippen LogP contribution in [0.15, 0.2) is 47.7 Å². The maximum Gasteiger partial charge on any atom is 0.238 e. The first-order valence-corrected chi connectivity index (χ1v) is 9.65. The first-order chi connectivity index (χ1) is 13.7. The fourth-order valence-electron chi connectivity index (χ4n) is 3.77. The number of carbonyl (C=O) groups excluding carboxylic acids is 1. The van der Waals surface area contributed by atoms with Gasteiger partial charge in [-0.3, -0.25) is 14.8 Å². The second-order valence-corrected chi connectivity index (χ2v) is 7.40. The molecule has 2 aliphatic rings. The fraction of sp³-hybridized carbons (Fsp3) is 0.364. The molecular weight excluding hydrogens is 350 g/mol. The van der Waals surface area contributed by atoms with Gasteiger partial charge in [0.2, 0.25) is 5.91 Å². The summed E-state index contributed by atoms with van der Waals surface area (Å²) in [6.07, 6.45) is 6.52. The van der Waals surface area contributed by atoms with E-state index in [4.69, 9.17) is 5.26 Å². The molecule has 1 amide bonds. The molecule has 28 heavy (non-hydrogen) atoms. The Balaban J connectivity index is 1.60. The third-order valence-electron chi connectivity index (χ3n) is 5.49. The number of nitriles is 1. The molecule has 0 radical (unpaired) electrons. The Morgan fingerprint density at radius 1 is 1.36 bits per heavy atom. The molecule has 1 aromatic heterocycles. The number of benzene rings is 1. The smallest absolute Gasteiger partial charge is 0.238 e. The molecule has 1 aliphatic carbocycles. The molecule has 1 spiro atoms. The van der Waals surface area contributed by atoms with Gasteiger partial charge in [0.25, 0.3) is 0 Å². The Morgan fingerprint density at radius 3 is 2.93 bits per heavy atom. The van der Waals surface area contributed by atoms with E-state index in [1.54, 1.807) is 12.4 Å². The maximum absolute atomic E-state index is 13.1. The van der Waals surface area contributed by atoms with E-state index in [2.05, 4.69) is 21.4 Å². The minimum atomic E-state index is -0.340. The van der Waals surface area contributed by atoms with Crippen LogP contribution in [0, 0.1) is 18.3 Å². The molecule has 0 atom stereocenters. The molecule has 2 heterocycles. The Bertz CT molecular complexity index is 971. The number of amidine groups is 1. The van der Waals surface area contributed by atoms with Crippen molar-refractivity contribution in [1.29, 1.82) is 5.26 Å². The Kier molecular flexibility index (Phi) is 4.82. The van der Waals surface area contributed by atoms with Gasteiger partial charge in [-0.2, -0.15) is 5.26 Å². The highest BCUT2D eigenvalue weighted by Gasteiger charge is 2.59. The normalized spacial score (nSPS) is 16.8. The number of aryl methyl sites for hydroxylation is 1. The van der Waals surface area contributed by atoms with Crippen LogP contribution in [0.3, 0.4) is 0 Å². The lowest BCUT2D eigenvalue weighted by Gasteiger charge is -2.21. The van der Waals surface area contributed by atoms with Crippen LogP contribution in [0.5, 0.6) is 0 Å². The molecule has 6 heteroatoms. The Hall–Kier alpha value is -3.20. The molecule has 1 aliphatic heterocycles. The minimum Gasteiger partial charge on any atom is -0.342 e. The highest BCUT2D eigenvalue weighted by atomic mass is 16.2. The lowest BCUT2D eigenvalue weighted by atomic mass is 9.99. The highest BCUT2D eigenvalue weighted by Crippen LogP contribution is 2.56. The number of aromatic nitrogens is 1. The number of rotatable bonds is 6. The van der Waals surface area contributed by atoms with Crippen molar-refractivity contribution in [2.45, 2.75) is 38.0 Å². The summed E-state index contributed by atoms with van der Waals surface area (Å²) in [4.78, 5) is 23.9. The quantitative estimate of drug-likeness (QED) is 0.477. The number of para-hydroxylation sites is 1. The van der Waals surface area contributed by atoms with Crippen LogP contribution < -0.4 is 10.2 Å². The number of aliphatic imine (C=N–C) groups is 1. The summed E-state index contributed by atoms with van der Waals surface area (Å²) >= 11 is 0. The van der Waals surface area contributed by atoms with E-state index in [9.17, 15) is 4.79 Å². The van der Waals surface area contributed by atoms with Crippen LogP contribution in [0.2, 0.25) is 0 Å². The first-order valence-electron chi connectivity index (χ1n) is 9.65. The van der Waals surface area contributed by atoms with Gasteiger partial charge in [-0.1, -0.05) is 18.2 Å². The molecule has 0 unspecified atom stereocenters. The van der Waals surface area contributed by atoms with E-state index >= 15 is 0 Å². The highest BCUT2D eigenvalue weighted by molar-refractivity contribution is 6.14. The Labute approximate surface area is 164 Å². The van der Waals surface area contributed by atoms with Gasteiger partial charge < -0.3 is 10.2 Å². The number of carbonyl (C=O) groups is 1. The largest absolute Gasteiger partial charge is 0.342 e. The number of hydrogen-bond acceptors (Lipinski definition) is 4. The molecule has 1 fully saturated rings. The molecule has 1 N–H and O–H groups in total. The van der Waals surface area contributed by atoms with Gasteiger partial charge in [0.05, 0.1) is 29.9 Å². The molecule has 1 saturated carbocycles. The van der Waals surface area contributed by atoms with Crippen molar-refractivity contribution < 1.29 is 4.79 Å². The van der Waals surface area contributed by atoms with E-state index in [0.717, 1.165) is 41.2 Å². The number of unbranched alkanes of at least 4 members (excludes halogenated alkanes) is 1. The van der Waals surface area contributed by atoms with Gasteiger partial charge in [0.1, 0.15) is 5.84 Å². The molecule has 1 aromatic carbocycles. The topological polar surface area (TPSA) is 81.4 Å². The summed E-state index contributed by atoms with van der Waals surface area (Å²) in [5.41, 5.74) is 3.72. The van der Waals surface area contributed by atoms with Gasteiger partial charge in [-0.25, -0.2) is 0 Å². The zero-order valence-electron chi connectivity index (χ0n) is 16.0. The van der Waals surface area contributed by atoms with Crippen molar-refractivity contribution in [3.8, 4) is 6.07 Å². The van der Waals surface area contributed by atoms with Crippen molar-refractivity contribution >= 4 is 23.1 Å². The monoisotopic (exact) mass is 373 g/mol. The SMILES string of the molecule is Cc1ccccc1NC(CN1C(=O)C2(CC2)c2ccncc21)=NCCCC#N. The third-order valence-corrected chi connectivity index (χ3v) is 5.49. The predicted molar refractivity (Wildman–Crippen MR) is 109 cm³/mol.